The number of ether oxygens (including phenoxy) is 1. The number of nitro benzene ring substituents is 1. The highest BCUT2D eigenvalue weighted by Gasteiger charge is 2.26. The van der Waals surface area contributed by atoms with E-state index in [0.717, 1.165) is 0 Å². The van der Waals surface area contributed by atoms with Gasteiger partial charge in [0, 0.05) is 13.7 Å². The molecule has 21 heavy (non-hydrogen) atoms. The predicted molar refractivity (Wildman–Crippen MR) is 71.1 cm³/mol. The second-order valence-corrected chi connectivity index (χ2v) is 4.44. The maximum Gasteiger partial charge on any atom is 0.307 e. The minimum absolute atomic E-state index is 0.233. The zero-order chi connectivity index (χ0) is 16.2. The third-order valence-corrected chi connectivity index (χ3v) is 3.01. The Morgan fingerprint density at radius 1 is 1.43 bits per heavy atom. The summed E-state index contributed by atoms with van der Waals surface area (Å²) in [6, 6.07) is 0.625. The molecule has 0 aliphatic carbocycles. The molecule has 1 rings (SSSR count). The summed E-state index contributed by atoms with van der Waals surface area (Å²) >= 11 is 0. The molecule has 6 nitrogen and oxygen atoms in total. The van der Waals surface area contributed by atoms with Gasteiger partial charge in [0.15, 0.2) is 0 Å². The van der Waals surface area contributed by atoms with Gasteiger partial charge in [0.2, 0.25) is 5.82 Å². The maximum absolute atomic E-state index is 13.8. The van der Waals surface area contributed by atoms with Crippen LogP contribution in [-0.2, 0) is 4.74 Å². The van der Waals surface area contributed by atoms with Gasteiger partial charge in [-0.2, -0.15) is 4.39 Å². The third kappa shape index (κ3) is 3.72. The summed E-state index contributed by atoms with van der Waals surface area (Å²) in [5.41, 5.74) is -1.54. The van der Waals surface area contributed by atoms with Gasteiger partial charge in [-0.3, -0.25) is 14.9 Å². The average molecular weight is 302 g/mol. The first-order valence-corrected chi connectivity index (χ1v) is 6.26. The van der Waals surface area contributed by atoms with Crippen molar-refractivity contribution in [2.24, 2.45) is 0 Å². The van der Waals surface area contributed by atoms with Crippen molar-refractivity contribution < 1.29 is 23.2 Å². The highest BCUT2D eigenvalue weighted by atomic mass is 19.1. The Labute approximate surface area is 120 Å². The van der Waals surface area contributed by atoms with Gasteiger partial charge in [-0.1, -0.05) is 0 Å². The number of nitrogens with zero attached hydrogens (tertiary/aromatic N) is 2. The van der Waals surface area contributed by atoms with Crippen LogP contribution in [0.25, 0.3) is 0 Å². The minimum atomic E-state index is -1.25. The number of rotatable bonds is 6. The monoisotopic (exact) mass is 302 g/mol. The molecule has 0 aliphatic heterocycles. The normalized spacial score (nSPS) is 12.0. The number of hydrogen-bond donors (Lipinski definition) is 0. The molecular formula is C13H16F2N2O4. The molecule has 1 unspecified atom stereocenters. The van der Waals surface area contributed by atoms with Crippen molar-refractivity contribution in [1.29, 1.82) is 0 Å². The van der Waals surface area contributed by atoms with Gasteiger partial charge in [0.05, 0.1) is 29.2 Å². The van der Waals surface area contributed by atoms with Crippen LogP contribution in [0.4, 0.5) is 14.5 Å². The molecule has 8 heteroatoms. The van der Waals surface area contributed by atoms with Gasteiger partial charge in [-0.25, -0.2) is 4.39 Å². The number of hydrogen-bond acceptors (Lipinski definition) is 4. The SMILES string of the molecule is CCN(C(=O)c1cc(F)c([N+](=O)[O-])cc1F)C(C)COC. The Morgan fingerprint density at radius 2 is 2.05 bits per heavy atom. The molecule has 1 aromatic rings. The van der Waals surface area contributed by atoms with E-state index in [1.807, 2.05) is 0 Å². The van der Waals surface area contributed by atoms with Crippen LogP contribution in [0, 0.1) is 21.7 Å². The lowest BCUT2D eigenvalue weighted by atomic mass is 10.1. The topological polar surface area (TPSA) is 72.7 Å². The second-order valence-electron chi connectivity index (χ2n) is 4.44. The largest absolute Gasteiger partial charge is 0.383 e. The Kier molecular flexibility index (Phi) is 5.71. The van der Waals surface area contributed by atoms with E-state index < -0.39 is 33.7 Å². The van der Waals surface area contributed by atoms with Gasteiger partial charge in [0.25, 0.3) is 5.91 Å². The summed E-state index contributed by atoms with van der Waals surface area (Å²) in [7, 11) is 1.46. The summed E-state index contributed by atoms with van der Waals surface area (Å²) in [5.74, 6) is -3.12. The van der Waals surface area contributed by atoms with Crippen LogP contribution in [0.5, 0.6) is 0 Å². The van der Waals surface area contributed by atoms with E-state index in [0.29, 0.717) is 12.1 Å². The van der Waals surface area contributed by atoms with Crippen LogP contribution in [0.15, 0.2) is 12.1 Å². The summed E-state index contributed by atoms with van der Waals surface area (Å²) in [5, 5.41) is 10.5. The van der Waals surface area contributed by atoms with E-state index in [-0.39, 0.29) is 19.2 Å². The number of halogens is 2. The third-order valence-electron chi connectivity index (χ3n) is 3.01. The number of nitro groups is 1. The molecule has 0 spiro atoms. The standard InChI is InChI=1S/C13H16F2N2O4/c1-4-16(8(2)7-21-3)13(18)9-5-11(15)12(17(19)20)6-10(9)14/h5-6,8H,4,7H2,1-3H3. The first-order chi connectivity index (χ1) is 9.83. The van der Waals surface area contributed by atoms with Crippen molar-refractivity contribution in [2.45, 2.75) is 19.9 Å². The van der Waals surface area contributed by atoms with Crippen LogP contribution >= 0.6 is 0 Å². The molecular weight excluding hydrogens is 286 g/mol. The Bertz CT molecular complexity index is 551. The fraction of sp³-hybridized carbons (Fsp3) is 0.462. The van der Waals surface area contributed by atoms with Crippen molar-refractivity contribution in [1.82, 2.24) is 4.90 Å². The molecule has 0 saturated carbocycles. The quantitative estimate of drug-likeness (QED) is 0.597. The highest BCUT2D eigenvalue weighted by Crippen LogP contribution is 2.23. The van der Waals surface area contributed by atoms with Crippen LogP contribution in [0.2, 0.25) is 0 Å². The van der Waals surface area contributed by atoms with Crippen LogP contribution in [-0.4, -0.2) is 42.0 Å². The molecule has 1 aromatic carbocycles. The number of likely N-dealkylation sites (N-methyl/N-ethyl adjacent to an activating group) is 1. The Morgan fingerprint density at radius 3 is 2.52 bits per heavy atom. The van der Waals surface area contributed by atoms with E-state index in [1.54, 1.807) is 13.8 Å². The zero-order valence-electron chi connectivity index (χ0n) is 11.9. The molecule has 0 saturated heterocycles. The molecule has 116 valence electrons. The summed E-state index contributed by atoms with van der Waals surface area (Å²) < 4.78 is 32.3. The Balaban J connectivity index is 3.17. The van der Waals surface area contributed by atoms with E-state index in [1.165, 1.54) is 12.0 Å². The molecule has 0 fully saturated rings. The van der Waals surface area contributed by atoms with E-state index in [9.17, 15) is 23.7 Å². The fourth-order valence-corrected chi connectivity index (χ4v) is 1.98. The summed E-state index contributed by atoms with van der Waals surface area (Å²) in [4.78, 5) is 23.0. The van der Waals surface area contributed by atoms with Crippen LogP contribution < -0.4 is 0 Å². The van der Waals surface area contributed by atoms with Crippen molar-refractivity contribution in [3.63, 3.8) is 0 Å². The number of carbonyl (C=O) groups excluding carboxylic acids is 1. The molecule has 0 N–H and O–H groups in total. The van der Waals surface area contributed by atoms with Crippen molar-refractivity contribution in [2.75, 3.05) is 20.3 Å². The first-order valence-electron chi connectivity index (χ1n) is 6.26. The lowest BCUT2D eigenvalue weighted by molar-refractivity contribution is -0.387. The molecule has 0 bridgehead atoms. The number of amides is 1. The van der Waals surface area contributed by atoms with Crippen LogP contribution in [0.1, 0.15) is 24.2 Å². The van der Waals surface area contributed by atoms with E-state index >= 15 is 0 Å². The summed E-state index contributed by atoms with van der Waals surface area (Å²) in [6.45, 7) is 3.88. The zero-order valence-corrected chi connectivity index (χ0v) is 11.9. The molecule has 0 heterocycles. The van der Waals surface area contributed by atoms with Gasteiger partial charge in [0.1, 0.15) is 5.82 Å². The molecule has 0 aromatic heterocycles. The number of methoxy groups -OCH3 is 1. The van der Waals surface area contributed by atoms with Crippen LogP contribution in [0.3, 0.4) is 0 Å². The molecule has 1 atom stereocenters. The van der Waals surface area contributed by atoms with Gasteiger partial charge in [-0.15, -0.1) is 0 Å². The predicted octanol–water partition coefficient (Wildman–Crippen LogP) is 2.37. The lowest BCUT2D eigenvalue weighted by Crippen LogP contribution is -2.41. The average Bonchev–Trinajstić information content (AvgIpc) is 2.41. The molecule has 0 radical (unpaired) electrons. The van der Waals surface area contributed by atoms with E-state index in [2.05, 4.69) is 0 Å². The molecule has 0 aliphatic rings. The van der Waals surface area contributed by atoms with Gasteiger partial charge < -0.3 is 9.64 Å². The highest BCUT2D eigenvalue weighted by molar-refractivity contribution is 5.95. The second kappa shape index (κ2) is 7.07. The Hall–Kier alpha value is -2.09. The molecule has 1 amide bonds. The van der Waals surface area contributed by atoms with E-state index in [4.69, 9.17) is 4.74 Å². The summed E-state index contributed by atoms with van der Waals surface area (Å²) in [6.07, 6.45) is 0. The number of carbonyl (C=O) groups is 1. The fourth-order valence-electron chi connectivity index (χ4n) is 1.98. The number of benzene rings is 1. The van der Waals surface area contributed by atoms with Gasteiger partial charge in [-0.05, 0) is 19.9 Å². The minimum Gasteiger partial charge on any atom is -0.383 e. The first kappa shape index (κ1) is 17.0. The van der Waals surface area contributed by atoms with Crippen molar-refractivity contribution in [3.05, 3.63) is 39.4 Å². The van der Waals surface area contributed by atoms with Crippen molar-refractivity contribution >= 4 is 11.6 Å². The van der Waals surface area contributed by atoms with Gasteiger partial charge >= 0.3 is 5.69 Å². The van der Waals surface area contributed by atoms with Crippen molar-refractivity contribution in [3.8, 4) is 0 Å². The smallest absolute Gasteiger partial charge is 0.307 e. The lowest BCUT2D eigenvalue weighted by Gasteiger charge is -2.27. The maximum atomic E-state index is 13.8.